The molecule has 0 aromatic heterocycles. The summed E-state index contributed by atoms with van der Waals surface area (Å²) in [6.45, 7) is 7.71. The molecule has 0 aromatic rings. The molecule has 0 spiro atoms. The van der Waals surface area contributed by atoms with Crippen molar-refractivity contribution >= 4 is 0 Å². The van der Waals surface area contributed by atoms with Crippen molar-refractivity contribution in [2.75, 3.05) is 0 Å². The first kappa shape index (κ1) is 15.0. The van der Waals surface area contributed by atoms with E-state index in [1.54, 1.807) is 0 Å². The van der Waals surface area contributed by atoms with E-state index >= 15 is 0 Å². The molecular weight excluding hydrogens is 180 g/mol. The van der Waals surface area contributed by atoms with Gasteiger partial charge in [0.25, 0.3) is 0 Å². The van der Waals surface area contributed by atoms with E-state index in [0.717, 1.165) is 12.8 Å². The zero-order chi connectivity index (χ0) is 11.2. The lowest BCUT2D eigenvalue weighted by Crippen LogP contribution is -1.83. The number of hydrogen-bond acceptors (Lipinski definition) is 0. The normalized spacial score (nSPS) is 10.8. The van der Waals surface area contributed by atoms with Crippen molar-refractivity contribution in [1.82, 2.24) is 0 Å². The zero-order valence-corrected chi connectivity index (χ0v) is 10.5. The van der Waals surface area contributed by atoms with Crippen LogP contribution < -0.4 is 0 Å². The molecule has 0 unspecified atom stereocenters. The Morgan fingerprint density at radius 3 is 1.33 bits per heavy atom. The standard InChI is InChI=1S/C15H29/c1-3-5-7-9-11-13-15-14-12-10-8-6-4-2/h15H,1-14H2. The van der Waals surface area contributed by atoms with Gasteiger partial charge in [0.05, 0.1) is 0 Å². The van der Waals surface area contributed by atoms with Gasteiger partial charge < -0.3 is 0 Å². The summed E-state index contributed by atoms with van der Waals surface area (Å²) in [5.41, 5.74) is 0. The molecule has 3 radical (unpaired) electrons. The van der Waals surface area contributed by atoms with Crippen molar-refractivity contribution in [1.29, 1.82) is 0 Å². The van der Waals surface area contributed by atoms with E-state index in [1.807, 2.05) is 0 Å². The molecule has 0 heterocycles. The van der Waals surface area contributed by atoms with Crippen LogP contribution in [0.3, 0.4) is 0 Å². The Balaban J connectivity index is 2.81. The maximum atomic E-state index is 3.86. The summed E-state index contributed by atoms with van der Waals surface area (Å²) < 4.78 is 0. The molecule has 0 saturated carbocycles. The van der Waals surface area contributed by atoms with Crippen LogP contribution >= 0.6 is 0 Å². The molecule has 0 rings (SSSR count). The third kappa shape index (κ3) is 14.0. The fourth-order valence-electron chi connectivity index (χ4n) is 1.78. The highest BCUT2D eigenvalue weighted by Crippen LogP contribution is 2.11. The summed E-state index contributed by atoms with van der Waals surface area (Å²) in [5, 5.41) is 0. The van der Waals surface area contributed by atoms with E-state index in [9.17, 15) is 0 Å². The zero-order valence-electron chi connectivity index (χ0n) is 10.5. The summed E-state index contributed by atoms with van der Waals surface area (Å²) in [6.07, 6.45) is 18.3. The number of rotatable bonds is 12. The lowest BCUT2D eigenvalue weighted by atomic mass is 10.1. The van der Waals surface area contributed by atoms with Gasteiger partial charge in [-0.05, 0) is 6.42 Å². The van der Waals surface area contributed by atoms with Gasteiger partial charge in [-0.3, -0.25) is 0 Å². The minimum absolute atomic E-state index is 1.11. The maximum absolute atomic E-state index is 3.86. The van der Waals surface area contributed by atoms with E-state index in [0.29, 0.717) is 0 Å². The quantitative estimate of drug-likeness (QED) is 0.370. The molecule has 0 amide bonds. The van der Waals surface area contributed by atoms with Gasteiger partial charge in [-0.15, -0.1) is 0 Å². The molecule has 0 fully saturated rings. The summed E-state index contributed by atoms with van der Waals surface area (Å²) in [4.78, 5) is 0. The molecule has 0 atom stereocenters. The Labute approximate surface area is 97.8 Å². The van der Waals surface area contributed by atoms with Crippen LogP contribution in [0.4, 0.5) is 0 Å². The van der Waals surface area contributed by atoms with Gasteiger partial charge in [0.15, 0.2) is 0 Å². The van der Waals surface area contributed by atoms with Gasteiger partial charge in [-0.25, -0.2) is 0 Å². The first-order chi connectivity index (χ1) is 7.41. The van der Waals surface area contributed by atoms with E-state index in [1.165, 1.54) is 64.2 Å². The van der Waals surface area contributed by atoms with Crippen LogP contribution in [0.25, 0.3) is 0 Å². The van der Waals surface area contributed by atoms with E-state index in [2.05, 4.69) is 20.3 Å². The van der Waals surface area contributed by atoms with Gasteiger partial charge in [0.2, 0.25) is 0 Å². The Morgan fingerprint density at radius 1 is 0.533 bits per heavy atom. The van der Waals surface area contributed by atoms with Crippen molar-refractivity contribution in [3.05, 3.63) is 20.3 Å². The largest absolute Gasteiger partial charge is 0.0533 e. The van der Waals surface area contributed by atoms with Gasteiger partial charge in [-0.2, -0.15) is 0 Å². The topological polar surface area (TPSA) is 0 Å². The minimum atomic E-state index is 1.11. The first-order valence-corrected chi connectivity index (χ1v) is 6.82. The Bertz CT molecular complexity index is 84.2. The van der Waals surface area contributed by atoms with E-state index in [-0.39, 0.29) is 0 Å². The van der Waals surface area contributed by atoms with Crippen LogP contribution in [0.1, 0.15) is 77.0 Å². The third-order valence-electron chi connectivity index (χ3n) is 2.82. The van der Waals surface area contributed by atoms with Crippen molar-refractivity contribution in [3.8, 4) is 0 Å². The average molecular weight is 209 g/mol. The second kappa shape index (κ2) is 14.0. The van der Waals surface area contributed by atoms with Crippen LogP contribution in [0.2, 0.25) is 0 Å². The molecule has 0 heteroatoms. The number of hydrogen-bond donors (Lipinski definition) is 0. The molecule has 0 aromatic carbocycles. The van der Waals surface area contributed by atoms with E-state index < -0.39 is 0 Å². The van der Waals surface area contributed by atoms with Gasteiger partial charge in [0, 0.05) is 0 Å². The van der Waals surface area contributed by atoms with Crippen LogP contribution in [-0.4, -0.2) is 0 Å². The molecule has 89 valence electrons. The predicted octanol–water partition coefficient (Wildman–Crippen LogP) is 5.54. The molecule has 0 aliphatic heterocycles. The molecule has 15 heavy (non-hydrogen) atoms. The Hall–Kier alpha value is 0. The third-order valence-corrected chi connectivity index (χ3v) is 2.82. The Kier molecular flexibility index (Phi) is 14.0. The minimum Gasteiger partial charge on any atom is -0.0533 e. The van der Waals surface area contributed by atoms with Gasteiger partial charge in [0.1, 0.15) is 0 Å². The van der Waals surface area contributed by atoms with Crippen LogP contribution in [0, 0.1) is 20.3 Å². The fourth-order valence-corrected chi connectivity index (χ4v) is 1.78. The molecular formula is C15H29. The average Bonchev–Trinajstić information content (AvgIpc) is 2.26. The molecule has 0 saturated heterocycles. The van der Waals surface area contributed by atoms with Crippen LogP contribution in [0.5, 0.6) is 0 Å². The van der Waals surface area contributed by atoms with Crippen LogP contribution in [-0.2, 0) is 0 Å². The van der Waals surface area contributed by atoms with Crippen molar-refractivity contribution in [3.63, 3.8) is 0 Å². The summed E-state index contributed by atoms with van der Waals surface area (Å²) in [6, 6.07) is 0. The highest BCUT2D eigenvalue weighted by atomic mass is 14.0. The van der Waals surface area contributed by atoms with Crippen molar-refractivity contribution in [2.24, 2.45) is 0 Å². The maximum Gasteiger partial charge on any atom is -0.0386 e. The predicted molar refractivity (Wildman–Crippen MR) is 70.4 cm³/mol. The smallest absolute Gasteiger partial charge is 0.0386 e. The lowest BCUT2D eigenvalue weighted by Gasteiger charge is -2.01. The summed E-state index contributed by atoms with van der Waals surface area (Å²) >= 11 is 0. The van der Waals surface area contributed by atoms with Crippen LogP contribution in [0.15, 0.2) is 0 Å². The molecule has 0 aliphatic rings. The Morgan fingerprint density at radius 2 is 0.933 bits per heavy atom. The molecule has 0 bridgehead atoms. The molecule has 0 N–H and O–H groups in total. The van der Waals surface area contributed by atoms with Gasteiger partial charge in [-0.1, -0.05) is 90.9 Å². The highest BCUT2D eigenvalue weighted by molar-refractivity contribution is 4.64. The monoisotopic (exact) mass is 209 g/mol. The number of unbranched alkanes of at least 4 members (excludes halogenated alkanes) is 12. The molecule has 0 aliphatic carbocycles. The SMILES string of the molecule is [CH2]CCCCCC[CH]CCCCCC[CH2]. The molecule has 0 nitrogen and oxygen atoms in total. The van der Waals surface area contributed by atoms with Crippen molar-refractivity contribution < 1.29 is 0 Å². The highest BCUT2D eigenvalue weighted by Gasteiger charge is 1.92. The fraction of sp³-hybridized carbons (Fsp3) is 0.800. The van der Waals surface area contributed by atoms with E-state index in [4.69, 9.17) is 0 Å². The second-order valence-corrected chi connectivity index (χ2v) is 4.40. The summed E-state index contributed by atoms with van der Waals surface area (Å²) in [5.74, 6) is 0. The second-order valence-electron chi connectivity index (χ2n) is 4.40. The summed E-state index contributed by atoms with van der Waals surface area (Å²) in [7, 11) is 0. The van der Waals surface area contributed by atoms with Gasteiger partial charge >= 0.3 is 0 Å². The first-order valence-electron chi connectivity index (χ1n) is 6.82. The van der Waals surface area contributed by atoms with Crippen molar-refractivity contribution in [2.45, 2.75) is 77.0 Å². The lowest BCUT2D eigenvalue weighted by molar-refractivity contribution is 0.606.